The van der Waals surface area contributed by atoms with Crippen molar-refractivity contribution in [3.63, 3.8) is 0 Å². The molecule has 0 spiro atoms. The third-order valence-electron chi connectivity index (χ3n) is 6.60. The molecule has 1 atom stereocenters. The van der Waals surface area contributed by atoms with E-state index in [-0.39, 0.29) is 18.3 Å². The molecule has 226 valence electrons. The lowest BCUT2D eigenvalue weighted by Crippen LogP contribution is -2.27. The number of halogens is 3. The second kappa shape index (κ2) is 13.0. The van der Waals surface area contributed by atoms with Crippen LogP contribution in [-0.4, -0.2) is 41.6 Å². The van der Waals surface area contributed by atoms with Gasteiger partial charge in [-0.2, -0.15) is 23.0 Å². The van der Waals surface area contributed by atoms with Gasteiger partial charge in [-0.05, 0) is 46.4 Å². The molecule has 43 heavy (non-hydrogen) atoms. The standard InChI is InChI=1S/C28H28F3N6O4PS/c1-4-19-9-6-12-24(42(38)39)22(19)15-18-8-5-11-21(14-18)35-27-34-17-23(28(29,30)31)25(36-27)33-16-20-10-7-13-32-26(20)37(2)43(3,40)41/h5-14,17H,4,15-16H2,1-3H3,(H2-,33,34,35,36,38,39)/p+1. The van der Waals surface area contributed by atoms with Crippen molar-refractivity contribution < 1.29 is 31.0 Å². The van der Waals surface area contributed by atoms with Crippen molar-refractivity contribution in [1.29, 1.82) is 0 Å². The first-order valence-corrected chi connectivity index (χ1v) is 16.0. The van der Waals surface area contributed by atoms with Crippen LogP contribution in [0.2, 0.25) is 0 Å². The van der Waals surface area contributed by atoms with Crippen LogP contribution >= 0.6 is 8.03 Å². The number of benzene rings is 2. The molecule has 2 aromatic heterocycles. The van der Waals surface area contributed by atoms with Crippen LogP contribution in [0, 0.1) is 0 Å². The van der Waals surface area contributed by atoms with Crippen LogP contribution in [0.5, 0.6) is 0 Å². The van der Waals surface area contributed by atoms with Crippen molar-refractivity contribution in [3.8, 4) is 0 Å². The molecule has 0 amide bonds. The van der Waals surface area contributed by atoms with Gasteiger partial charge in [0, 0.05) is 49.2 Å². The Bertz CT molecular complexity index is 1750. The van der Waals surface area contributed by atoms with Crippen molar-refractivity contribution in [1.82, 2.24) is 15.0 Å². The summed E-state index contributed by atoms with van der Waals surface area (Å²) in [5.74, 6) is -0.555. The molecule has 15 heteroatoms. The van der Waals surface area contributed by atoms with E-state index in [1.54, 1.807) is 42.5 Å². The predicted molar refractivity (Wildman–Crippen MR) is 160 cm³/mol. The van der Waals surface area contributed by atoms with Crippen molar-refractivity contribution in [2.45, 2.75) is 32.5 Å². The van der Waals surface area contributed by atoms with Crippen molar-refractivity contribution in [3.05, 3.63) is 94.8 Å². The molecule has 1 unspecified atom stereocenters. The van der Waals surface area contributed by atoms with E-state index in [0.29, 0.717) is 35.6 Å². The lowest BCUT2D eigenvalue weighted by atomic mass is 9.98. The zero-order valence-corrected chi connectivity index (χ0v) is 25.1. The van der Waals surface area contributed by atoms with Gasteiger partial charge in [0.05, 0.1) is 6.26 Å². The summed E-state index contributed by atoms with van der Waals surface area (Å²) >= 11 is 0. The number of nitrogens with one attached hydrogen (secondary N) is 2. The Morgan fingerprint density at radius 2 is 1.77 bits per heavy atom. The van der Waals surface area contributed by atoms with Gasteiger partial charge < -0.3 is 10.6 Å². The first kappa shape index (κ1) is 31.8. The molecule has 0 aliphatic carbocycles. The molecular formula is C28H29F3N6O4PS+. The van der Waals surface area contributed by atoms with Crippen LogP contribution in [0.25, 0.3) is 0 Å². The fourth-order valence-electron chi connectivity index (χ4n) is 4.40. The summed E-state index contributed by atoms with van der Waals surface area (Å²) in [4.78, 5) is 21.8. The lowest BCUT2D eigenvalue weighted by Gasteiger charge is -2.20. The highest BCUT2D eigenvalue weighted by molar-refractivity contribution is 7.92. The number of sulfonamides is 1. The molecule has 0 fully saturated rings. The van der Waals surface area contributed by atoms with Crippen molar-refractivity contribution in [2.24, 2.45) is 0 Å². The van der Waals surface area contributed by atoms with E-state index in [2.05, 4.69) is 25.6 Å². The second-order valence-corrected chi connectivity index (χ2v) is 12.6. The van der Waals surface area contributed by atoms with Gasteiger partial charge in [-0.15, -0.1) is 0 Å². The molecule has 0 radical (unpaired) electrons. The molecule has 4 aromatic rings. The summed E-state index contributed by atoms with van der Waals surface area (Å²) in [5, 5.41) is 5.94. The van der Waals surface area contributed by atoms with Gasteiger partial charge in [-0.1, -0.05) is 37.3 Å². The highest BCUT2D eigenvalue weighted by Gasteiger charge is 2.35. The van der Waals surface area contributed by atoms with E-state index in [1.807, 2.05) is 19.1 Å². The summed E-state index contributed by atoms with van der Waals surface area (Å²) < 4.78 is 78.4. The number of alkyl halides is 3. The Hall–Kier alpha value is -4.13. The van der Waals surface area contributed by atoms with Crippen LogP contribution in [-0.2, 0) is 40.2 Å². The van der Waals surface area contributed by atoms with E-state index in [1.165, 1.54) is 13.2 Å². The summed E-state index contributed by atoms with van der Waals surface area (Å²) in [5.41, 5.74) is 2.22. The molecule has 0 saturated carbocycles. The summed E-state index contributed by atoms with van der Waals surface area (Å²) in [6, 6.07) is 15.4. The topological polar surface area (TPSA) is 137 Å². The van der Waals surface area contributed by atoms with Gasteiger partial charge in [0.25, 0.3) is 0 Å². The summed E-state index contributed by atoms with van der Waals surface area (Å²) in [7, 11) is -4.92. The van der Waals surface area contributed by atoms with Crippen LogP contribution in [0.1, 0.15) is 34.7 Å². The molecule has 0 saturated heterocycles. The number of anilines is 4. The third kappa shape index (κ3) is 7.83. The normalized spacial score (nSPS) is 12.1. The predicted octanol–water partition coefficient (Wildman–Crippen LogP) is 5.16. The first-order valence-electron chi connectivity index (χ1n) is 13.0. The van der Waals surface area contributed by atoms with Gasteiger partial charge in [0.2, 0.25) is 21.3 Å². The van der Waals surface area contributed by atoms with E-state index in [9.17, 15) is 31.0 Å². The number of rotatable bonds is 11. The lowest BCUT2D eigenvalue weighted by molar-refractivity contribution is -0.137. The minimum absolute atomic E-state index is 0.0637. The second-order valence-electron chi connectivity index (χ2n) is 9.57. The van der Waals surface area contributed by atoms with Gasteiger partial charge in [-0.25, -0.2) is 18.4 Å². The van der Waals surface area contributed by atoms with E-state index >= 15 is 0 Å². The minimum atomic E-state index is -4.76. The zero-order chi connectivity index (χ0) is 31.4. The van der Waals surface area contributed by atoms with Gasteiger partial charge in [-0.3, -0.25) is 4.31 Å². The zero-order valence-electron chi connectivity index (χ0n) is 23.4. The Balaban J connectivity index is 1.61. The molecule has 3 N–H and O–H groups in total. The average molecular weight is 634 g/mol. The fraction of sp³-hybridized carbons (Fsp3) is 0.250. The monoisotopic (exact) mass is 633 g/mol. The highest BCUT2D eigenvalue weighted by atomic mass is 32.2. The Morgan fingerprint density at radius 3 is 2.44 bits per heavy atom. The maximum Gasteiger partial charge on any atom is 0.546 e. The van der Waals surface area contributed by atoms with Crippen LogP contribution in [0.15, 0.2) is 67.0 Å². The molecule has 0 aliphatic heterocycles. The Morgan fingerprint density at radius 1 is 1.05 bits per heavy atom. The molecule has 10 nitrogen and oxygen atoms in total. The highest BCUT2D eigenvalue weighted by Crippen LogP contribution is 2.35. The van der Waals surface area contributed by atoms with E-state index in [4.69, 9.17) is 0 Å². The average Bonchev–Trinajstić information content (AvgIpc) is 2.95. The Kier molecular flexibility index (Phi) is 9.63. The van der Waals surface area contributed by atoms with E-state index in [0.717, 1.165) is 27.3 Å². The van der Waals surface area contributed by atoms with Gasteiger partial charge in [0.15, 0.2) is 0 Å². The summed E-state index contributed by atoms with van der Waals surface area (Å²) in [6.45, 7) is 1.75. The quantitative estimate of drug-likeness (QED) is 0.191. The van der Waals surface area contributed by atoms with Crippen LogP contribution in [0.3, 0.4) is 0 Å². The molecule has 0 aliphatic rings. The van der Waals surface area contributed by atoms with Crippen molar-refractivity contribution in [2.75, 3.05) is 28.2 Å². The molecule has 2 heterocycles. The minimum Gasteiger partial charge on any atom is -0.365 e. The molecule has 0 bridgehead atoms. The molecule has 4 rings (SSSR count). The Labute approximate surface area is 248 Å². The van der Waals surface area contributed by atoms with Gasteiger partial charge >= 0.3 is 14.2 Å². The van der Waals surface area contributed by atoms with E-state index < -0.39 is 35.6 Å². The smallest absolute Gasteiger partial charge is 0.365 e. The number of hydrogen-bond donors (Lipinski definition) is 3. The fourth-order valence-corrected chi connectivity index (χ4v) is 5.55. The van der Waals surface area contributed by atoms with Crippen LogP contribution < -0.4 is 20.2 Å². The number of aryl methyl sites for hydroxylation is 1. The first-order chi connectivity index (χ1) is 20.3. The third-order valence-corrected chi connectivity index (χ3v) is 8.60. The number of hydrogen-bond acceptors (Lipinski definition) is 8. The molecule has 2 aromatic carbocycles. The largest absolute Gasteiger partial charge is 0.546 e. The van der Waals surface area contributed by atoms with Gasteiger partial charge in [0.1, 0.15) is 17.2 Å². The maximum absolute atomic E-state index is 13.8. The van der Waals surface area contributed by atoms with Crippen LogP contribution in [0.4, 0.5) is 36.4 Å². The maximum atomic E-state index is 13.8. The summed E-state index contributed by atoms with van der Waals surface area (Å²) in [6.07, 6.45) is -0.686. The molecular weight excluding hydrogens is 604 g/mol. The number of nitrogens with zero attached hydrogens (tertiary/aromatic N) is 4. The SMILES string of the molecule is CCc1cccc([P+](=O)O)c1Cc1cccc(Nc2ncc(C(F)(F)F)c(NCc3cccnc3N(C)S(C)(=O)=O)n2)c1. The number of pyridine rings is 1. The van der Waals surface area contributed by atoms with Crippen molar-refractivity contribution >= 4 is 46.6 Å². The number of aromatic nitrogens is 3.